The van der Waals surface area contributed by atoms with Gasteiger partial charge in [-0.3, -0.25) is 0 Å². The third-order valence-corrected chi connectivity index (χ3v) is 4.39. The van der Waals surface area contributed by atoms with Crippen molar-refractivity contribution >= 4 is 0 Å². The van der Waals surface area contributed by atoms with Crippen molar-refractivity contribution in [2.75, 3.05) is 26.2 Å². The number of aliphatic hydroxyl groups is 1. The van der Waals surface area contributed by atoms with Gasteiger partial charge in [-0.1, -0.05) is 27.7 Å². The molecule has 1 fully saturated rings. The molecule has 1 heterocycles. The first kappa shape index (κ1) is 16.9. The molecule has 2 atom stereocenters. The monoisotopic (exact) mass is 270 g/mol. The summed E-state index contributed by atoms with van der Waals surface area (Å²) in [5, 5.41) is 13.7. The quantitative estimate of drug-likeness (QED) is 0.806. The van der Waals surface area contributed by atoms with Gasteiger partial charge in [0.05, 0.1) is 5.60 Å². The summed E-state index contributed by atoms with van der Waals surface area (Å²) < 4.78 is 0. The molecule has 1 saturated heterocycles. The molecule has 0 radical (unpaired) electrons. The highest BCUT2D eigenvalue weighted by Gasteiger charge is 2.27. The minimum Gasteiger partial charge on any atom is -0.390 e. The van der Waals surface area contributed by atoms with Crippen LogP contribution in [-0.2, 0) is 0 Å². The number of likely N-dealkylation sites (tertiary alicyclic amines) is 1. The lowest BCUT2D eigenvalue weighted by atomic mass is 9.84. The third kappa shape index (κ3) is 6.24. The van der Waals surface area contributed by atoms with Gasteiger partial charge in [-0.15, -0.1) is 0 Å². The van der Waals surface area contributed by atoms with Gasteiger partial charge in [0.1, 0.15) is 0 Å². The predicted molar refractivity (Wildman–Crippen MR) is 82.5 cm³/mol. The molecule has 0 saturated carbocycles. The predicted octanol–water partition coefficient (Wildman–Crippen LogP) is 2.64. The fraction of sp³-hybridized carbons (Fsp3) is 1.00. The van der Waals surface area contributed by atoms with E-state index >= 15 is 0 Å². The zero-order valence-electron chi connectivity index (χ0n) is 13.6. The largest absolute Gasteiger partial charge is 0.390 e. The lowest BCUT2D eigenvalue weighted by molar-refractivity contribution is 0.0444. The van der Waals surface area contributed by atoms with E-state index in [1.165, 1.54) is 6.42 Å². The van der Waals surface area contributed by atoms with Crippen LogP contribution >= 0.6 is 0 Å². The summed E-state index contributed by atoms with van der Waals surface area (Å²) in [5.74, 6) is 0. The summed E-state index contributed by atoms with van der Waals surface area (Å²) >= 11 is 0. The van der Waals surface area contributed by atoms with Crippen LogP contribution in [0.5, 0.6) is 0 Å². The summed E-state index contributed by atoms with van der Waals surface area (Å²) in [6.07, 6.45) is 4.17. The van der Waals surface area contributed by atoms with Crippen LogP contribution in [0.25, 0.3) is 0 Å². The second-order valence-electron chi connectivity index (χ2n) is 7.46. The van der Waals surface area contributed by atoms with Gasteiger partial charge in [0.15, 0.2) is 0 Å². The molecule has 2 N–H and O–H groups in total. The lowest BCUT2D eigenvalue weighted by Gasteiger charge is -2.33. The van der Waals surface area contributed by atoms with Gasteiger partial charge in [0.25, 0.3) is 0 Å². The molecule has 0 aromatic carbocycles. The smallest absolute Gasteiger partial charge is 0.0632 e. The zero-order chi connectivity index (χ0) is 14.5. The fourth-order valence-corrected chi connectivity index (χ4v) is 2.94. The van der Waals surface area contributed by atoms with Crippen molar-refractivity contribution in [3.63, 3.8) is 0 Å². The molecule has 3 heteroatoms. The van der Waals surface area contributed by atoms with Crippen molar-refractivity contribution < 1.29 is 5.11 Å². The maximum atomic E-state index is 10.1. The maximum absolute atomic E-state index is 10.1. The van der Waals surface area contributed by atoms with E-state index in [4.69, 9.17) is 0 Å². The minimum absolute atomic E-state index is 0.313. The molecule has 0 aromatic rings. The van der Waals surface area contributed by atoms with Gasteiger partial charge < -0.3 is 15.3 Å². The Morgan fingerprint density at radius 3 is 2.53 bits per heavy atom. The van der Waals surface area contributed by atoms with Crippen LogP contribution in [0.3, 0.4) is 0 Å². The van der Waals surface area contributed by atoms with Gasteiger partial charge in [-0.2, -0.15) is 0 Å². The Morgan fingerprint density at radius 2 is 1.95 bits per heavy atom. The summed E-state index contributed by atoms with van der Waals surface area (Å²) in [4.78, 5) is 2.53. The fourth-order valence-electron chi connectivity index (χ4n) is 2.94. The average molecular weight is 270 g/mol. The Labute approximate surface area is 119 Å². The summed E-state index contributed by atoms with van der Waals surface area (Å²) in [5.41, 5.74) is -0.132. The highest BCUT2D eigenvalue weighted by Crippen LogP contribution is 2.24. The van der Waals surface area contributed by atoms with E-state index in [0.717, 1.165) is 45.4 Å². The van der Waals surface area contributed by atoms with E-state index in [-0.39, 0.29) is 0 Å². The molecule has 0 spiro atoms. The van der Waals surface area contributed by atoms with Crippen LogP contribution in [0.4, 0.5) is 0 Å². The molecule has 0 amide bonds. The molecule has 1 aliphatic heterocycles. The van der Waals surface area contributed by atoms with Crippen LogP contribution < -0.4 is 5.32 Å². The van der Waals surface area contributed by atoms with E-state index < -0.39 is 5.60 Å². The second kappa shape index (κ2) is 7.05. The van der Waals surface area contributed by atoms with E-state index in [1.807, 2.05) is 6.92 Å². The topological polar surface area (TPSA) is 35.5 Å². The maximum Gasteiger partial charge on any atom is 0.0632 e. The highest BCUT2D eigenvalue weighted by molar-refractivity contribution is 4.83. The molecular weight excluding hydrogens is 236 g/mol. The summed E-state index contributed by atoms with van der Waals surface area (Å²) in [7, 11) is 0. The standard InChI is InChI=1S/C16H34N2O/c1-6-17-14(15(2,3)4)8-12-18-11-7-9-16(5,19)10-13-18/h14,17,19H,6-13H2,1-5H3. The van der Waals surface area contributed by atoms with Crippen molar-refractivity contribution in [3.05, 3.63) is 0 Å². The first-order valence-electron chi connectivity index (χ1n) is 7.93. The normalized spacial score (nSPS) is 28.1. The zero-order valence-corrected chi connectivity index (χ0v) is 13.6. The average Bonchev–Trinajstić information content (AvgIpc) is 2.44. The second-order valence-corrected chi connectivity index (χ2v) is 7.46. The van der Waals surface area contributed by atoms with E-state index in [9.17, 15) is 5.11 Å². The van der Waals surface area contributed by atoms with Crippen LogP contribution in [0.2, 0.25) is 0 Å². The van der Waals surface area contributed by atoms with Crippen molar-refractivity contribution in [2.45, 2.75) is 71.9 Å². The van der Waals surface area contributed by atoms with Gasteiger partial charge in [0, 0.05) is 12.6 Å². The molecule has 19 heavy (non-hydrogen) atoms. The van der Waals surface area contributed by atoms with E-state index in [0.29, 0.717) is 11.5 Å². The van der Waals surface area contributed by atoms with Crippen molar-refractivity contribution in [1.29, 1.82) is 0 Å². The van der Waals surface area contributed by atoms with Crippen molar-refractivity contribution in [2.24, 2.45) is 5.41 Å². The Hall–Kier alpha value is -0.120. The molecule has 1 aliphatic rings. The Balaban J connectivity index is 2.42. The van der Waals surface area contributed by atoms with Crippen molar-refractivity contribution in [3.8, 4) is 0 Å². The van der Waals surface area contributed by atoms with Crippen LogP contribution in [0, 0.1) is 5.41 Å². The minimum atomic E-state index is -0.445. The molecule has 1 rings (SSSR count). The number of rotatable bonds is 5. The van der Waals surface area contributed by atoms with Gasteiger partial charge >= 0.3 is 0 Å². The van der Waals surface area contributed by atoms with Crippen molar-refractivity contribution in [1.82, 2.24) is 10.2 Å². The Bertz CT molecular complexity index is 258. The van der Waals surface area contributed by atoms with Crippen LogP contribution in [0.1, 0.15) is 60.3 Å². The third-order valence-electron chi connectivity index (χ3n) is 4.39. The number of hydrogen-bond donors (Lipinski definition) is 2. The summed E-state index contributed by atoms with van der Waals surface area (Å²) in [6.45, 7) is 15.5. The Kier molecular flexibility index (Phi) is 6.28. The highest BCUT2D eigenvalue weighted by atomic mass is 16.3. The van der Waals surface area contributed by atoms with Crippen LogP contribution in [0.15, 0.2) is 0 Å². The number of nitrogens with zero attached hydrogens (tertiary/aromatic N) is 1. The van der Waals surface area contributed by atoms with Crippen LogP contribution in [-0.4, -0.2) is 47.8 Å². The number of nitrogens with one attached hydrogen (secondary N) is 1. The molecule has 3 nitrogen and oxygen atoms in total. The molecule has 2 unspecified atom stereocenters. The lowest BCUT2D eigenvalue weighted by Crippen LogP contribution is -2.43. The van der Waals surface area contributed by atoms with Gasteiger partial charge in [-0.05, 0) is 57.7 Å². The SMILES string of the molecule is CCNC(CCN1CCCC(C)(O)CC1)C(C)(C)C. The van der Waals surface area contributed by atoms with E-state index in [1.54, 1.807) is 0 Å². The Morgan fingerprint density at radius 1 is 1.26 bits per heavy atom. The van der Waals surface area contributed by atoms with Gasteiger partial charge in [0.2, 0.25) is 0 Å². The van der Waals surface area contributed by atoms with E-state index in [2.05, 4.69) is 37.9 Å². The molecule has 0 aromatic heterocycles. The molecular formula is C16H34N2O. The summed E-state index contributed by atoms with van der Waals surface area (Å²) in [6, 6.07) is 0.571. The first-order valence-corrected chi connectivity index (χ1v) is 7.93. The molecule has 0 bridgehead atoms. The van der Waals surface area contributed by atoms with Gasteiger partial charge in [-0.25, -0.2) is 0 Å². The molecule has 114 valence electrons. The molecule has 0 aliphatic carbocycles. The first-order chi connectivity index (χ1) is 8.74. The number of hydrogen-bond acceptors (Lipinski definition) is 3.